The highest BCUT2D eigenvalue weighted by Gasteiger charge is 2.20. The molecular weight excluding hydrogens is 380 g/mol. The first-order valence-corrected chi connectivity index (χ1v) is 9.28. The van der Waals surface area contributed by atoms with E-state index in [9.17, 15) is 9.59 Å². The van der Waals surface area contributed by atoms with Gasteiger partial charge in [-0.1, -0.05) is 35.9 Å². The Hall–Kier alpha value is -2.86. The average Bonchev–Trinajstić information content (AvgIpc) is 3.08. The van der Waals surface area contributed by atoms with E-state index < -0.39 is 5.97 Å². The van der Waals surface area contributed by atoms with Crippen molar-refractivity contribution in [3.63, 3.8) is 0 Å². The van der Waals surface area contributed by atoms with Crippen LogP contribution >= 0.6 is 11.6 Å². The molecule has 2 aromatic carbocycles. The summed E-state index contributed by atoms with van der Waals surface area (Å²) in [6, 6.07) is 13.1. The number of methoxy groups -OCH3 is 1. The van der Waals surface area contributed by atoms with E-state index in [-0.39, 0.29) is 31.8 Å². The number of hydrogen-bond acceptors (Lipinski definition) is 5. The van der Waals surface area contributed by atoms with Crippen molar-refractivity contribution in [2.24, 2.45) is 0 Å². The van der Waals surface area contributed by atoms with E-state index in [4.69, 9.17) is 16.0 Å². The second kappa shape index (κ2) is 8.89. The van der Waals surface area contributed by atoms with Gasteiger partial charge in [-0.2, -0.15) is 0 Å². The molecule has 0 unspecified atom stereocenters. The molecule has 3 aromatic rings. The van der Waals surface area contributed by atoms with Crippen molar-refractivity contribution in [3.8, 4) is 0 Å². The number of rotatable bonds is 7. The fraction of sp³-hybridized carbons (Fsp3) is 0.286. The minimum Gasteiger partial charge on any atom is -0.469 e. The van der Waals surface area contributed by atoms with Gasteiger partial charge in [0.25, 0.3) is 0 Å². The van der Waals surface area contributed by atoms with Crippen molar-refractivity contribution in [3.05, 3.63) is 64.5 Å². The van der Waals surface area contributed by atoms with Crippen LogP contribution in [0.1, 0.15) is 29.9 Å². The SMILES string of the molecule is COC(=O)CCC(=O)N(Cc1nc2cc(C)ccc2o1)Cc1ccccc1Cl. The summed E-state index contributed by atoms with van der Waals surface area (Å²) in [5.74, 6) is -0.203. The summed E-state index contributed by atoms with van der Waals surface area (Å²) < 4.78 is 10.4. The number of halogens is 1. The summed E-state index contributed by atoms with van der Waals surface area (Å²) >= 11 is 6.26. The number of oxazole rings is 1. The zero-order valence-corrected chi connectivity index (χ0v) is 16.5. The number of aromatic nitrogens is 1. The van der Waals surface area contributed by atoms with Crippen LogP contribution in [0.2, 0.25) is 5.02 Å². The maximum atomic E-state index is 12.8. The predicted octanol–water partition coefficient (Wildman–Crippen LogP) is 4.27. The molecule has 0 bridgehead atoms. The van der Waals surface area contributed by atoms with E-state index in [0.717, 1.165) is 16.6 Å². The smallest absolute Gasteiger partial charge is 0.306 e. The van der Waals surface area contributed by atoms with Gasteiger partial charge in [0, 0.05) is 18.0 Å². The quantitative estimate of drug-likeness (QED) is 0.554. The van der Waals surface area contributed by atoms with Gasteiger partial charge in [0.05, 0.1) is 20.1 Å². The Morgan fingerprint density at radius 1 is 1.14 bits per heavy atom. The highest BCUT2D eigenvalue weighted by molar-refractivity contribution is 6.31. The van der Waals surface area contributed by atoms with Crippen LogP contribution in [0.5, 0.6) is 0 Å². The van der Waals surface area contributed by atoms with Gasteiger partial charge in [0.1, 0.15) is 5.52 Å². The van der Waals surface area contributed by atoms with Gasteiger partial charge < -0.3 is 14.1 Å². The Kier molecular flexibility index (Phi) is 6.31. The Morgan fingerprint density at radius 3 is 2.68 bits per heavy atom. The number of carbonyl (C=O) groups excluding carboxylic acids is 2. The lowest BCUT2D eigenvalue weighted by Crippen LogP contribution is -2.30. The zero-order valence-electron chi connectivity index (χ0n) is 15.8. The van der Waals surface area contributed by atoms with Crippen LogP contribution in [0.3, 0.4) is 0 Å². The molecule has 28 heavy (non-hydrogen) atoms. The van der Waals surface area contributed by atoms with E-state index in [1.54, 1.807) is 11.0 Å². The average molecular weight is 401 g/mol. The topological polar surface area (TPSA) is 72.6 Å². The zero-order chi connectivity index (χ0) is 20.1. The van der Waals surface area contributed by atoms with Gasteiger partial charge in [0.2, 0.25) is 11.8 Å². The lowest BCUT2D eigenvalue weighted by molar-refractivity contribution is -0.144. The molecular formula is C21H21ClN2O4. The van der Waals surface area contributed by atoms with Gasteiger partial charge >= 0.3 is 5.97 Å². The van der Waals surface area contributed by atoms with Crippen molar-refractivity contribution >= 4 is 34.6 Å². The van der Waals surface area contributed by atoms with Crippen LogP contribution in [0.15, 0.2) is 46.9 Å². The standard InChI is InChI=1S/C21H21ClN2O4/c1-14-7-8-18-17(11-14)23-19(28-18)13-24(20(25)9-10-21(26)27-2)12-15-5-3-4-6-16(15)22/h3-8,11H,9-10,12-13H2,1-2H3. The molecule has 7 heteroatoms. The Morgan fingerprint density at radius 2 is 1.93 bits per heavy atom. The minimum atomic E-state index is -0.427. The first kappa shape index (κ1) is 19.9. The van der Waals surface area contributed by atoms with Crippen LogP contribution in [-0.2, 0) is 27.4 Å². The molecule has 0 N–H and O–H groups in total. The number of hydrogen-bond donors (Lipinski definition) is 0. The molecule has 146 valence electrons. The van der Waals surface area contributed by atoms with Crippen molar-refractivity contribution in [1.82, 2.24) is 9.88 Å². The minimum absolute atomic E-state index is 0.0150. The molecule has 0 saturated carbocycles. The summed E-state index contributed by atoms with van der Waals surface area (Å²) in [7, 11) is 1.30. The fourth-order valence-electron chi connectivity index (χ4n) is 2.85. The number of aryl methyl sites for hydroxylation is 1. The summed E-state index contributed by atoms with van der Waals surface area (Å²) in [5.41, 5.74) is 3.30. The third kappa shape index (κ3) is 4.89. The van der Waals surface area contributed by atoms with Crippen molar-refractivity contribution < 1.29 is 18.7 Å². The Balaban J connectivity index is 1.82. The molecule has 1 amide bonds. The highest BCUT2D eigenvalue weighted by Crippen LogP contribution is 2.22. The molecule has 0 radical (unpaired) electrons. The summed E-state index contributed by atoms with van der Waals surface area (Å²) in [6.07, 6.45) is 0.0531. The molecule has 0 aliphatic rings. The lowest BCUT2D eigenvalue weighted by Gasteiger charge is -2.22. The van der Waals surface area contributed by atoms with E-state index >= 15 is 0 Å². The van der Waals surface area contributed by atoms with Crippen LogP contribution < -0.4 is 0 Å². The maximum Gasteiger partial charge on any atom is 0.306 e. The number of fused-ring (bicyclic) bond motifs is 1. The Labute approximate surface area is 168 Å². The van der Waals surface area contributed by atoms with Crippen molar-refractivity contribution in [2.45, 2.75) is 32.9 Å². The van der Waals surface area contributed by atoms with Gasteiger partial charge in [-0.15, -0.1) is 0 Å². The van der Waals surface area contributed by atoms with Crippen molar-refractivity contribution in [2.75, 3.05) is 7.11 Å². The first-order valence-electron chi connectivity index (χ1n) is 8.90. The molecule has 3 rings (SSSR count). The lowest BCUT2D eigenvalue weighted by atomic mass is 10.2. The van der Waals surface area contributed by atoms with E-state index in [1.165, 1.54) is 7.11 Å². The number of amides is 1. The summed E-state index contributed by atoms with van der Waals surface area (Å²) in [5, 5.41) is 0.571. The fourth-order valence-corrected chi connectivity index (χ4v) is 3.05. The summed E-state index contributed by atoms with van der Waals surface area (Å²) in [6.45, 7) is 2.45. The van der Waals surface area contributed by atoms with E-state index in [0.29, 0.717) is 16.5 Å². The monoisotopic (exact) mass is 400 g/mol. The van der Waals surface area contributed by atoms with Crippen LogP contribution in [0.25, 0.3) is 11.1 Å². The number of nitrogens with zero attached hydrogens (tertiary/aromatic N) is 2. The van der Waals surface area contributed by atoms with Crippen molar-refractivity contribution in [1.29, 1.82) is 0 Å². The molecule has 1 heterocycles. The third-order valence-corrected chi connectivity index (χ3v) is 4.72. The second-order valence-electron chi connectivity index (χ2n) is 6.50. The maximum absolute atomic E-state index is 12.8. The predicted molar refractivity (Wildman–Crippen MR) is 106 cm³/mol. The summed E-state index contributed by atoms with van der Waals surface area (Å²) in [4.78, 5) is 30.2. The number of benzene rings is 2. The molecule has 0 aliphatic heterocycles. The highest BCUT2D eigenvalue weighted by atomic mass is 35.5. The van der Waals surface area contributed by atoms with Crippen LogP contribution in [0.4, 0.5) is 0 Å². The van der Waals surface area contributed by atoms with Crippen LogP contribution in [0, 0.1) is 6.92 Å². The van der Waals surface area contributed by atoms with E-state index in [2.05, 4.69) is 9.72 Å². The van der Waals surface area contributed by atoms with E-state index in [1.807, 2.05) is 43.3 Å². The normalized spacial score (nSPS) is 10.8. The Bertz CT molecular complexity index is 999. The van der Waals surface area contributed by atoms with Gasteiger partial charge in [-0.05, 0) is 36.2 Å². The molecule has 6 nitrogen and oxygen atoms in total. The van der Waals surface area contributed by atoms with Gasteiger partial charge in [-0.3, -0.25) is 9.59 Å². The number of carbonyl (C=O) groups is 2. The molecule has 0 spiro atoms. The molecule has 0 fully saturated rings. The first-order chi connectivity index (χ1) is 13.5. The molecule has 0 atom stereocenters. The number of esters is 1. The molecule has 1 aromatic heterocycles. The third-order valence-electron chi connectivity index (χ3n) is 4.36. The van der Waals surface area contributed by atoms with Gasteiger partial charge in [-0.25, -0.2) is 4.98 Å². The number of ether oxygens (including phenoxy) is 1. The largest absolute Gasteiger partial charge is 0.469 e. The second-order valence-corrected chi connectivity index (χ2v) is 6.90. The molecule has 0 saturated heterocycles. The van der Waals surface area contributed by atoms with Gasteiger partial charge in [0.15, 0.2) is 5.58 Å². The van der Waals surface area contributed by atoms with Crippen LogP contribution in [-0.4, -0.2) is 28.9 Å². The molecule has 0 aliphatic carbocycles.